The third kappa shape index (κ3) is 2.91. The largest absolute Gasteiger partial charge is 0.321 e. The van der Waals surface area contributed by atoms with E-state index < -0.39 is 0 Å². The molecule has 0 bridgehead atoms. The van der Waals surface area contributed by atoms with Gasteiger partial charge in [0.2, 0.25) is 5.91 Å². The van der Waals surface area contributed by atoms with Crippen LogP contribution in [-0.2, 0) is 4.79 Å². The molecule has 0 aromatic carbocycles. The molecule has 18 heavy (non-hydrogen) atoms. The maximum Gasteiger partial charge on any atom is 0.241 e. The predicted octanol–water partition coefficient (Wildman–Crippen LogP) is 1.52. The number of carbonyl (C=O) groups excluding carboxylic acids is 1. The van der Waals surface area contributed by atoms with Crippen molar-refractivity contribution in [2.45, 2.75) is 25.6 Å². The summed E-state index contributed by atoms with van der Waals surface area (Å²) >= 11 is 1.67. The zero-order valence-electron chi connectivity index (χ0n) is 11.2. The Morgan fingerprint density at radius 1 is 1.50 bits per heavy atom. The number of nitrogens with one attached hydrogen (secondary N) is 1. The van der Waals surface area contributed by atoms with Crippen LogP contribution in [0.25, 0.3) is 0 Å². The van der Waals surface area contributed by atoms with E-state index in [4.69, 9.17) is 0 Å². The first-order chi connectivity index (χ1) is 8.59. The lowest BCUT2D eigenvalue weighted by molar-refractivity contribution is -0.129. The maximum absolute atomic E-state index is 12.1. The molecule has 5 heteroatoms. The first-order valence-corrected chi connectivity index (χ1v) is 7.27. The molecule has 1 N–H and O–H groups in total. The highest BCUT2D eigenvalue weighted by Gasteiger charge is 2.36. The van der Waals surface area contributed by atoms with Crippen LogP contribution in [0.3, 0.4) is 0 Å². The Balaban J connectivity index is 2.02. The molecule has 0 saturated carbocycles. The summed E-state index contributed by atoms with van der Waals surface area (Å²) in [5.74, 6) is 0.213. The van der Waals surface area contributed by atoms with E-state index in [0.717, 1.165) is 19.5 Å². The molecule has 2 unspecified atom stereocenters. The maximum atomic E-state index is 12.1. The summed E-state index contributed by atoms with van der Waals surface area (Å²) < 4.78 is 0. The van der Waals surface area contributed by atoms with Gasteiger partial charge < -0.3 is 9.80 Å². The lowest BCUT2D eigenvalue weighted by atomic mass is 10.2. The van der Waals surface area contributed by atoms with Gasteiger partial charge in [0.25, 0.3) is 0 Å². The van der Waals surface area contributed by atoms with Gasteiger partial charge in [-0.05, 0) is 56.4 Å². The summed E-state index contributed by atoms with van der Waals surface area (Å²) in [6, 6.07) is 2.02. The van der Waals surface area contributed by atoms with Crippen molar-refractivity contribution >= 4 is 17.2 Å². The first-order valence-electron chi connectivity index (χ1n) is 6.33. The van der Waals surface area contributed by atoms with E-state index in [1.807, 2.05) is 11.8 Å². The minimum absolute atomic E-state index is 0.0564. The van der Waals surface area contributed by atoms with Crippen molar-refractivity contribution in [1.82, 2.24) is 15.1 Å². The molecule has 1 aliphatic rings. The summed E-state index contributed by atoms with van der Waals surface area (Å²) in [5.41, 5.74) is 1.20. The van der Waals surface area contributed by atoms with Gasteiger partial charge in [0, 0.05) is 6.54 Å². The fourth-order valence-corrected chi connectivity index (χ4v) is 2.96. The molecular formula is C13H21N3OS. The van der Waals surface area contributed by atoms with Crippen molar-refractivity contribution < 1.29 is 4.79 Å². The smallest absolute Gasteiger partial charge is 0.241 e. The number of rotatable bonds is 5. The molecule has 2 rings (SSSR count). The van der Waals surface area contributed by atoms with Crippen molar-refractivity contribution in [3.8, 4) is 0 Å². The topological polar surface area (TPSA) is 35.6 Å². The van der Waals surface area contributed by atoms with Crippen molar-refractivity contribution in [3.63, 3.8) is 0 Å². The number of hydrogen-bond donors (Lipinski definition) is 1. The van der Waals surface area contributed by atoms with Crippen LogP contribution >= 0.6 is 11.3 Å². The quantitative estimate of drug-likeness (QED) is 0.878. The van der Waals surface area contributed by atoms with Crippen molar-refractivity contribution in [2.75, 3.05) is 27.2 Å². The number of hydrogen-bond acceptors (Lipinski definition) is 4. The molecule has 1 aromatic heterocycles. The van der Waals surface area contributed by atoms with Gasteiger partial charge in [0.05, 0.1) is 6.04 Å². The summed E-state index contributed by atoms with van der Waals surface area (Å²) in [7, 11) is 4.12. The summed E-state index contributed by atoms with van der Waals surface area (Å²) in [6.45, 7) is 3.76. The minimum Gasteiger partial charge on any atom is -0.321 e. The van der Waals surface area contributed by atoms with Gasteiger partial charge in [-0.3, -0.25) is 10.1 Å². The average molecular weight is 267 g/mol. The van der Waals surface area contributed by atoms with Crippen molar-refractivity contribution in [3.05, 3.63) is 22.4 Å². The number of nitrogens with zero attached hydrogens (tertiary/aromatic N) is 2. The lowest BCUT2D eigenvalue weighted by Crippen LogP contribution is -2.32. The van der Waals surface area contributed by atoms with E-state index in [1.165, 1.54) is 5.56 Å². The molecule has 100 valence electrons. The van der Waals surface area contributed by atoms with E-state index in [9.17, 15) is 4.79 Å². The van der Waals surface area contributed by atoms with Crippen LogP contribution in [0.2, 0.25) is 0 Å². The molecule has 0 radical (unpaired) electrons. The van der Waals surface area contributed by atoms with Crippen LogP contribution in [0.5, 0.6) is 0 Å². The molecule has 0 spiro atoms. The molecule has 0 aliphatic carbocycles. The van der Waals surface area contributed by atoms with Crippen LogP contribution < -0.4 is 5.32 Å². The monoisotopic (exact) mass is 267 g/mol. The molecule has 2 atom stereocenters. The highest BCUT2D eigenvalue weighted by molar-refractivity contribution is 7.07. The van der Waals surface area contributed by atoms with Gasteiger partial charge in [-0.25, -0.2) is 0 Å². The number of carbonyl (C=O) groups is 1. The highest BCUT2D eigenvalue weighted by atomic mass is 32.1. The molecule has 1 amide bonds. The third-order valence-electron chi connectivity index (χ3n) is 3.24. The van der Waals surface area contributed by atoms with Gasteiger partial charge in [-0.1, -0.05) is 0 Å². The van der Waals surface area contributed by atoms with Crippen LogP contribution in [0.1, 0.15) is 25.1 Å². The van der Waals surface area contributed by atoms with Crippen LogP contribution in [0, 0.1) is 0 Å². The second kappa shape index (κ2) is 5.82. The van der Waals surface area contributed by atoms with E-state index in [2.05, 4.69) is 41.1 Å². The minimum atomic E-state index is -0.0748. The number of thiophene rings is 1. The zero-order valence-corrected chi connectivity index (χ0v) is 12.0. The van der Waals surface area contributed by atoms with Gasteiger partial charge in [0.15, 0.2) is 0 Å². The fourth-order valence-electron chi connectivity index (χ4n) is 2.28. The normalized spacial score (nSPS) is 24.2. The Kier molecular flexibility index (Phi) is 4.37. The van der Waals surface area contributed by atoms with Gasteiger partial charge in [0.1, 0.15) is 6.17 Å². The molecule has 1 fully saturated rings. The van der Waals surface area contributed by atoms with E-state index in [0.29, 0.717) is 0 Å². The standard InChI is InChI=1S/C13H21N3OS/c1-10-13(17)16(7-4-6-15(2)3)12(14-10)11-5-8-18-9-11/h5,8-10,12,14H,4,6-7H2,1-3H3. The molecular weight excluding hydrogens is 246 g/mol. The van der Waals surface area contributed by atoms with Gasteiger partial charge in [-0.2, -0.15) is 11.3 Å². The summed E-state index contributed by atoms with van der Waals surface area (Å²) in [4.78, 5) is 16.3. The van der Waals surface area contributed by atoms with Gasteiger partial charge >= 0.3 is 0 Å². The highest BCUT2D eigenvalue weighted by Crippen LogP contribution is 2.26. The van der Waals surface area contributed by atoms with E-state index in [-0.39, 0.29) is 18.1 Å². The molecule has 1 saturated heterocycles. The Labute approximate surface area is 113 Å². The summed E-state index contributed by atoms with van der Waals surface area (Å²) in [6.07, 6.45) is 1.06. The molecule has 1 aromatic rings. The van der Waals surface area contributed by atoms with Crippen LogP contribution in [0.4, 0.5) is 0 Å². The lowest BCUT2D eigenvalue weighted by Gasteiger charge is -2.24. The third-order valence-corrected chi connectivity index (χ3v) is 3.94. The average Bonchev–Trinajstić information content (AvgIpc) is 2.91. The second-order valence-corrected chi connectivity index (χ2v) is 5.82. The van der Waals surface area contributed by atoms with Crippen molar-refractivity contribution in [1.29, 1.82) is 0 Å². The Hall–Kier alpha value is -0.910. The fraction of sp³-hybridized carbons (Fsp3) is 0.615. The SMILES string of the molecule is CC1NC(c2ccsc2)N(CCCN(C)C)C1=O. The van der Waals surface area contributed by atoms with E-state index >= 15 is 0 Å². The molecule has 1 aliphatic heterocycles. The molecule has 2 heterocycles. The van der Waals surface area contributed by atoms with Crippen LogP contribution in [-0.4, -0.2) is 48.9 Å². The summed E-state index contributed by atoms with van der Waals surface area (Å²) in [5, 5.41) is 7.53. The predicted molar refractivity (Wildman–Crippen MR) is 74.5 cm³/mol. The Morgan fingerprint density at radius 3 is 2.89 bits per heavy atom. The number of amides is 1. The van der Waals surface area contributed by atoms with Crippen LogP contribution in [0.15, 0.2) is 16.8 Å². The first kappa shape index (κ1) is 13.5. The Bertz CT molecular complexity index is 391. The second-order valence-electron chi connectivity index (χ2n) is 5.04. The zero-order chi connectivity index (χ0) is 13.1. The molecule has 4 nitrogen and oxygen atoms in total. The van der Waals surface area contributed by atoms with E-state index in [1.54, 1.807) is 11.3 Å². The Morgan fingerprint density at radius 2 is 2.28 bits per heavy atom. The van der Waals surface area contributed by atoms with Gasteiger partial charge in [-0.15, -0.1) is 0 Å². The van der Waals surface area contributed by atoms with Crippen molar-refractivity contribution in [2.24, 2.45) is 0 Å².